The first-order chi connectivity index (χ1) is 13.0. The Bertz CT molecular complexity index is 1020. The van der Waals surface area contributed by atoms with Crippen molar-refractivity contribution in [1.29, 1.82) is 0 Å². The Kier molecular flexibility index (Phi) is 4.63. The van der Waals surface area contributed by atoms with E-state index >= 15 is 0 Å². The van der Waals surface area contributed by atoms with E-state index < -0.39 is 5.91 Å². The Balaban J connectivity index is 1.73. The van der Waals surface area contributed by atoms with Crippen molar-refractivity contribution in [3.63, 3.8) is 0 Å². The van der Waals surface area contributed by atoms with E-state index in [9.17, 15) is 9.18 Å². The summed E-state index contributed by atoms with van der Waals surface area (Å²) < 4.78 is 19.7. The molecule has 0 spiro atoms. The number of aromatic nitrogens is 2. The molecule has 1 atom stereocenters. The Labute approximate surface area is 158 Å². The third-order valence-electron chi connectivity index (χ3n) is 4.46. The second kappa shape index (κ2) is 7.09. The highest BCUT2D eigenvalue weighted by Gasteiger charge is 2.20. The number of nitrogens with one attached hydrogen (secondary N) is 2. The lowest BCUT2D eigenvalue weighted by Crippen LogP contribution is -2.20. The lowest BCUT2D eigenvalue weighted by atomic mass is 10.2. The maximum Gasteiger partial charge on any atom is 0.259 e. The van der Waals surface area contributed by atoms with Crippen molar-refractivity contribution in [2.24, 2.45) is 5.73 Å². The normalized spacial score (nSPS) is 16.6. The molecule has 1 aliphatic heterocycles. The van der Waals surface area contributed by atoms with Crippen molar-refractivity contribution in [3.8, 4) is 5.75 Å². The molecule has 4 rings (SSSR count). The van der Waals surface area contributed by atoms with E-state index in [0.717, 1.165) is 25.1 Å². The van der Waals surface area contributed by atoms with Crippen LogP contribution in [0.15, 0.2) is 24.5 Å². The summed E-state index contributed by atoms with van der Waals surface area (Å²) in [4.78, 5) is 21.3. The number of carbonyl (C=O) groups excluding carboxylic acids is 1. The first-order valence-corrected chi connectivity index (χ1v) is 9.32. The first kappa shape index (κ1) is 17.6. The molecular weight excluding hydrogens is 369 g/mol. The Morgan fingerprint density at radius 2 is 2.30 bits per heavy atom. The molecule has 3 aromatic rings. The number of carbonyl (C=O) groups is 1. The zero-order chi connectivity index (χ0) is 19.0. The van der Waals surface area contributed by atoms with Crippen LogP contribution < -0.4 is 21.1 Å². The van der Waals surface area contributed by atoms with E-state index in [1.807, 2.05) is 0 Å². The maximum absolute atomic E-state index is 13.8. The number of thiophene rings is 1. The van der Waals surface area contributed by atoms with E-state index in [0.29, 0.717) is 32.3 Å². The van der Waals surface area contributed by atoms with Gasteiger partial charge in [0.2, 0.25) is 0 Å². The summed E-state index contributed by atoms with van der Waals surface area (Å²) in [5.41, 5.74) is 6.76. The SMILES string of the molecule is Cc1c(C(N)=O)sc2ncnc(Nc3ccc(F)cc3OC3CCNC3)c12. The van der Waals surface area contributed by atoms with E-state index in [4.69, 9.17) is 10.5 Å². The number of nitrogens with zero attached hydrogens (tertiary/aromatic N) is 2. The highest BCUT2D eigenvalue weighted by Crippen LogP contribution is 2.36. The number of hydrogen-bond donors (Lipinski definition) is 3. The zero-order valence-corrected chi connectivity index (χ0v) is 15.4. The predicted octanol–water partition coefficient (Wildman–Crippen LogP) is 2.72. The second-order valence-corrected chi connectivity index (χ2v) is 7.32. The van der Waals surface area contributed by atoms with Crippen LogP contribution >= 0.6 is 11.3 Å². The smallest absolute Gasteiger partial charge is 0.259 e. The summed E-state index contributed by atoms with van der Waals surface area (Å²) in [6.07, 6.45) is 2.26. The van der Waals surface area contributed by atoms with Gasteiger partial charge >= 0.3 is 0 Å². The molecule has 27 heavy (non-hydrogen) atoms. The Morgan fingerprint density at radius 1 is 1.44 bits per heavy atom. The monoisotopic (exact) mass is 387 g/mol. The summed E-state index contributed by atoms with van der Waals surface area (Å²) in [5.74, 6) is 0.0544. The van der Waals surface area contributed by atoms with Gasteiger partial charge in [-0.1, -0.05) is 0 Å². The van der Waals surface area contributed by atoms with Crippen molar-refractivity contribution in [1.82, 2.24) is 15.3 Å². The maximum atomic E-state index is 13.8. The molecule has 0 aliphatic carbocycles. The number of fused-ring (bicyclic) bond motifs is 1. The fourth-order valence-corrected chi connectivity index (χ4v) is 4.14. The highest BCUT2D eigenvalue weighted by molar-refractivity contribution is 7.20. The molecule has 7 nitrogen and oxygen atoms in total. The summed E-state index contributed by atoms with van der Waals surface area (Å²) in [6, 6.07) is 4.32. The predicted molar refractivity (Wildman–Crippen MR) is 102 cm³/mol. The average Bonchev–Trinajstić information content (AvgIpc) is 3.26. The molecule has 1 aliphatic rings. The number of anilines is 2. The van der Waals surface area contributed by atoms with Gasteiger partial charge in [0.05, 0.1) is 16.0 Å². The molecule has 4 N–H and O–H groups in total. The molecule has 0 radical (unpaired) electrons. The van der Waals surface area contributed by atoms with Gasteiger partial charge in [-0.2, -0.15) is 0 Å². The Hall–Kier alpha value is -2.78. The van der Waals surface area contributed by atoms with Gasteiger partial charge < -0.3 is 21.1 Å². The second-order valence-electron chi connectivity index (χ2n) is 6.32. The molecule has 1 aromatic carbocycles. The summed E-state index contributed by atoms with van der Waals surface area (Å²) in [6.45, 7) is 3.40. The standard InChI is InChI=1S/C18H18FN5O2S/c1-9-14-17(22-8-23-18(14)27-15(9)16(20)25)24-12-3-2-10(19)6-13(12)26-11-4-5-21-7-11/h2-3,6,8,11,21H,4-5,7H2,1H3,(H2,20,25)(H,22,23,24). The lowest BCUT2D eigenvalue weighted by Gasteiger charge is -2.17. The summed E-state index contributed by atoms with van der Waals surface area (Å²) in [7, 11) is 0. The molecular formula is C18H18FN5O2S. The van der Waals surface area contributed by atoms with E-state index in [2.05, 4.69) is 20.6 Å². The number of amides is 1. The number of ether oxygens (including phenoxy) is 1. The van der Waals surface area contributed by atoms with Crippen molar-refractivity contribution < 1.29 is 13.9 Å². The topological polar surface area (TPSA) is 102 Å². The minimum Gasteiger partial charge on any atom is -0.487 e. The molecule has 0 bridgehead atoms. The van der Waals surface area contributed by atoms with Crippen LogP contribution in [0.25, 0.3) is 10.2 Å². The van der Waals surface area contributed by atoms with Crippen LogP contribution in [0.5, 0.6) is 5.75 Å². The third-order valence-corrected chi connectivity index (χ3v) is 5.67. The van der Waals surface area contributed by atoms with Crippen molar-refractivity contribution >= 4 is 39.0 Å². The molecule has 1 fully saturated rings. The third kappa shape index (κ3) is 3.43. The molecule has 1 saturated heterocycles. The fourth-order valence-electron chi connectivity index (χ4n) is 3.13. The highest BCUT2D eigenvalue weighted by atomic mass is 32.1. The minimum atomic E-state index is -0.499. The number of nitrogens with two attached hydrogens (primary N) is 1. The quantitative estimate of drug-likeness (QED) is 0.622. The number of rotatable bonds is 5. The van der Waals surface area contributed by atoms with E-state index in [-0.39, 0.29) is 11.9 Å². The summed E-state index contributed by atoms with van der Waals surface area (Å²) in [5, 5.41) is 7.14. The number of hydrogen-bond acceptors (Lipinski definition) is 7. The van der Waals surface area contributed by atoms with Gasteiger partial charge in [-0.15, -0.1) is 11.3 Å². The van der Waals surface area contributed by atoms with Crippen LogP contribution in [0.4, 0.5) is 15.9 Å². The van der Waals surface area contributed by atoms with Gasteiger partial charge in [0.1, 0.15) is 34.6 Å². The van der Waals surface area contributed by atoms with Crippen molar-refractivity contribution in [2.45, 2.75) is 19.4 Å². The largest absolute Gasteiger partial charge is 0.487 e. The van der Waals surface area contributed by atoms with Gasteiger partial charge in [-0.25, -0.2) is 14.4 Å². The van der Waals surface area contributed by atoms with E-state index in [1.54, 1.807) is 13.0 Å². The van der Waals surface area contributed by atoms with Crippen LogP contribution in [0, 0.1) is 12.7 Å². The minimum absolute atomic E-state index is 0.0119. The molecule has 1 amide bonds. The molecule has 140 valence electrons. The molecule has 3 heterocycles. The molecule has 0 saturated carbocycles. The number of primary amides is 1. The van der Waals surface area contributed by atoms with Gasteiger partial charge in [-0.3, -0.25) is 4.79 Å². The van der Waals surface area contributed by atoms with Crippen LogP contribution in [0.1, 0.15) is 21.7 Å². The van der Waals surface area contributed by atoms with Gasteiger partial charge in [0, 0.05) is 12.6 Å². The average molecular weight is 387 g/mol. The number of aryl methyl sites for hydroxylation is 1. The lowest BCUT2D eigenvalue weighted by molar-refractivity contribution is 0.100. The Morgan fingerprint density at radius 3 is 3.04 bits per heavy atom. The molecule has 1 unspecified atom stereocenters. The summed E-state index contributed by atoms with van der Waals surface area (Å²) >= 11 is 1.22. The number of benzene rings is 1. The van der Waals surface area contributed by atoms with Crippen LogP contribution in [0.3, 0.4) is 0 Å². The van der Waals surface area contributed by atoms with E-state index in [1.165, 1.54) is 29.8 Å². The zero-order valence-electron chi connectivity index (χ0n) is 14.6. The fraction of sp³-hybridized carbons (Fsp3) is 0.278. The number of halogens is 1. The van der Waals surface area contributed by atoms with Crippen molar-refractivity contribution in [3.05, 3.63) is 40.8 Å². The first-order valence-electron chi connectivity index (χ1n) is 8.51. The van der Waals surface area contributed by atoms with Crippen LogP contribution in [-0.4, -0.2) is 35.1 Å². The van der Waals surface area contributed by atoms with Gasteiger partial charge in [0.25, 0.3) is 5.91 Å². The molecule has 2 aromatic heterocycles. The van der Waals surface area contributed by atoms with Crippen LogP contribution in [0.2, 0.25) is 0 Å². The van der Waals surface area contributed by atoms with Gasteiger partial charge in [0.15, 0.2) is 0 Å². The van der Waals surface area contributed by atoms with Crippen LogP contribution in [-0.2, 0) is 0 Å². The van der Waals surface area contributed by atoms with Crippen molar-refractivity contribution in [2.75, 3.05) is 18.4 Å². The molecule has 9 heteroatoms. The van der Waals surface area contributed by atoms with Gasteiger partial charge in [-0.05, 0) is 37.6 Å².